The van der Waals surface area contributed by atoms with Crippen molar-refractivity contribution in [3.63, 3.8) is 0 Å². The van der Waals surface area contributed by atoms with Gasteiger partial charge in [0.05, 0.1) is 17.7 Å². The zero-order valence-corrected chi connectivity index (χ0v) is 24.8. The summed E-state index contributed by atoms with van der Waals surface area (Å²) >= 11 is 2.13. The van der Waals surface area contributed by atoms with Crippen LogP contribution in [0.15, 0.2) is 83.8 Å². The lowest BCUT2D eigenvalue weighted by molar-refractivity contribution is -0.139. The van der Waals surface area contributed by atoms with Gasteiger partial charge in [-0.2, -0.15) is 0 Å². The van der Waals surface area contributed by atoms with Crippen molar-refractivity contribution in [1.82, 2.24) is 10.2 Å². The van der Waals surface area contributed by atoms with E-state index in [1.54, 1.807) is 74.7 Å². The summed E-state index contributed by atoms with van der Waals surface area (Å²) in [5.74, 6) is -0.235. The average molecular weight is 650 g/mol. The Morgan fingerprint density at radius 1 is 0.947 bits per heavy atom. The minimum absolute atomic E-state index is 0.0660. The van der Waals surface area contributed by atoms with Crippen LogP contribution in [-0.2, 0) is 26.2 Å². The van der Waals surface area contributed by atoms with Crippen LogP contribution in [0.3, 0.4) is 0 Å². The zero-order valence-electron chi connectivity index (χ0n) is 21.8. The monoisotopic (exact) mass is 649 g/mol. The van der Waals surface area contributed by atoms with Crippen LogP contribution in [0.25, 0.3) is 0 Å². The van der Waals surface area contributed by atoms with Gasteiger partial charge in [0, 0.05) is 16.2 Å². The third-order valence-electron chi connectivity index (χ3n) is 5.81. The Kier molecular flexibility index (Phi) is 10.1. The van der Waals surface area contributed by atoms with Gasteiger partial charge in [-0.15, -0.1) is 0 Å². The predicted octanol–water partition coefficient (Wildman–Crippen LogP) is 4.44. The molecule has 0 fully saturated rings. The molecule has 3 aromatic carbocycles. The average Bonchev–Trinajstić information content (AvgIpc) is 2.90. The largest absolute Gasteiger partial charge is 0.497 e. The van der Waals surface area contributed by atoms with Crippen LogP contribution in [0.2, 0.25) is 0 Å². The quantitative estimate of drug-likeness (QED) is 0.310. The van der Waals surface area contributed by atoms with E-state index in [1.165, 1.54) is 17.0 Å². The highest BCUT2D eigenvalue weighted by atomic mass is 127. The molecule has 1 N–H and O–H groups in total. The van der Waals surface area contributed by atoms with E-state index in [4.69, 9.17) is 4.74 Å². The van der Waals surface area contributed by atoms with Crippen LogP contribution in [0, 0.1) is 3.57 Å². The molecular weight excluding hydrogens is 617 g/mol. The molecule has 0 spiro atoms. The number of sulfonamides is 1. The standard InChI is InChI=1S/C28H32IN3O5S/c1-20(2)30-28(34)21(3)31(18-22-9-8-10-25(17-22)37-4)27(33)19-32(24-15-13-23(29)14-16-24)38(35,36)26-11-6-5-7-12-26/h5-17,20-21H,18-19H2,1-4H3,(H,30,34). The molecule has 0 radical (unpaired) electrons. The first-order chi connectivity index (χ1) is 18.0. The van der Waals surface area contributed by atoms with Gasteiger partial charge in [-0.05, 0) is 97.5 Å². The number of carbonyl (C=O) groups excluding carboxylic acids is 2. The number of amides is 2. The van der Waals surface area contributed by atoms with Gasteiger partial charge in [0.1, 0.15) is 18.3 Å². The van der Waals surface area contributed by atoms with Crippen molar-refractivity contribution in [3.8, 4) is 5.75 Å². The third-order valence-corrected chi connectivity index (χ3v) is 8.32. The van der Waals surface area contributed by atoms with E-state index in [9.17, 15) is 18.0 Å². The topological polar surface area (TPSA) is 96.0 Å². The number of hydrogen-bond acceptors (Lipinski definition) is 5. The number of rotatable bonds is 11. The van der Waals surface area contributed by atoms with Crippen molar-refractivity contribution in [2.75, 3.05) is 18.0 Å². The lowest BCUT2D eigenvalue weighted by atomic mass is 10.1. The number of nitrogens with one attached hydrogen (secondary N) is 1. The second kappa shape index (κ2) is 13.1. The number of anilines is 1. The molecule has 0 bridgehead atoms. The molecule has 38 heavy (non-hydrogen) atoms. The number of halogens is 1. The fraction of sp³-hybridized carbons (Fsp3) is 0.286. The summed E-state index contributed by atoms with van der Waals surface area (Å²) in [6.07, 6.45) is 0. The summed E-state index contributed by atoms with van der Waals surface area (Å²) in [7, 11) is -2.53. The van der Waals surface area contributed by atoms with Crippen molar-refractivity contribution >= 4 is 50.1 Å². The second-order valence-electron chi connectivity index (χ2n) is 9.01. The SMILES string of the molecule is COc1cccc(CN(C(=O)CN(c2ccc(I)cc2)S(=O)(=O)c2ccccc2)C(C)C(=O)NC(C)C)c1. The van der Waals surface area contributed by atoms with Crippen molar-refractivity contribution in [2.45, 2.75) is 44.3 Å². The van der Waals surface area contributed by atoms with Gasteiger partial charge in [-0.1, -0.05) is 30.3 Å². The number of carbonyl (C=O) groups is 2. The van der Waals surface area contributed by atoms with E-state index >= 15 is 0 Å². The fourth-order valence-corrected chi connectivity index (χ4v) is 5.61. The van der Waals surface area contributed by atoms with E-state index in [0.717, 1.165) is 13.4 Å². The lowest BCUT2D eigenvalue weighted by Gasteiger charge is -2.32. The summed E-state index contributed by atoms with van der Waals surface area (Å²) in [5.41, 5.74) is 1.09. The van der Waals surface area contributed by atoms with Gasteiger partial charge < -0.3 is 15.0 Å². The molecule has 3 rings (SSSR count). The number of nitrogens with zero attached hydrogens (tertiary/aromatic N) is 2. The van der Waals surface area contributed by atoms with Crippen LogP contribution in [-0.4, -0.2) is 50.9 Å². The second-order valence-corrected chi connectivity index (χ2v) is 12.1. The van der Waals surface area contributed by atoms with Gasteiger partial charge in [0.25, 0.3) is 10.0 Å². The number of hydrogen-bond donors (Lipinski definition) is 1. The summed E-state index contributed by atoms with van der Waals surface area (Å²) < 4.78 is 34.8. The summed E-state index contributed by atoms with van der Waals surface area (Å²) in [5, 5.41) is 2.84. The summed E-state index contributed by atoms with van der Waals surface area (Å²) in [4.78, 5) is 28.3. The first kappa shape index (κ1) is 29.4. The molecule has 3 aromatic rings. The molecular formula is C28H32IN3O5S. The highest BCUT2D eigenvalue weighted by molar-refractivity contribution is 14.1. The van der Waals surface area contributed by atoms with Crippen molar-refractivity contribution in [2.24, 2.45) is 0 Å². The van der Waals surface area contributed by atoms with Gasteiger partial charge in [-0.25, -0.2) is 8.42 Å². The van der Waals surface area contributed by atoms with Crippen LogP contribution in [0.5, 0.6) is 5.75 Å². The molecule has 0 aromatic heterocycles. The van der Waals surface area contributed by atoms with Gasteiger partial charge >= 0.3 is 0 Å². The lowest BCUT2D eigenvalue weighted by Crippen LogP contribution is -2.52. The van der Waals surface area contributed by atoms with E-state index in [-0.39, 0.29) is 23.4 Å². The van der Waals surface area contributed by atoms with Crippen LogP contribution < -0.4 is 14.4 Å². The molecule has 2 amide bonds. The highest BCUT2D eigenvalue weighted by Gasteiger charge is 2.32. The Balaban J connectivity index is 2.02. The third kappa shape index (κ3) is 7.47. The molecule has 1 atom stereocenters. The van der Waals surface area contributed by atoms with E-state index < -0.39 is 28.5 Å². The van der Waals surface area contributed by atoms with Gasteiger partial charge in [0.15, 0.2) is 0 Å². The summed E-state index contributed by atoms with van der Waals surface area (Å²) in [6, 6.07) is 21.1. The Morgan fingerprint density at radius 3 is 2.21 bits per heavy atom. The fourth-order valence-electron chi connectivity index (χ4n) is 3.81. The van der Waals surface area contributed by atoms with E-state index in [2.05, 4.69) is 27.9 Å². The summed E-state index contributed by atoms with van der Waals surface area (Å²) in [6.45, 7) is 4.92. The number of benzene rings is 3. The molecule has 10 heteroatoms. The smallest absolute Gasteiger partial charge is 0.264 e. The Hall–Kier alpha value is -3.12. The van der Waals surface area contributed by atoms with Crippen LogP contribution >= 0.6 is 22.6 Å². The van der Waals surface area contributed by atoms with E-state index in [1.807, 2.05) is 19.9 Å². The molecule has 0 aliphatic rings. The molecule has 0 aliphatic heterocycles. The Morgan fingerprint density at radius 2 is 1.61 bits per heavy atom. The highest BCUT2D eigenvalue weighted by Crippen LogP contribution is 2.25. The first-order valence-electron chi connectivity index (χ1n) is 12.1. The first-order valence-corrected chi connectivity index (χ1v) is 14.6. The zero-order chi connectivity index (χ0) is 27.9. The normalized spacial score (nSPS) is 12.1. The number of methoxy groups -OCH3 is 1. The minimum atomic E-state index is -4.08. The van der Waals surface area contributed by atoms with Gasteiger partial charge in [0.2, 0.25) is 11.8 Å². The maximum atomic E-state index is 13.9. The minimum Gasteiger partial charge on any atom is -0.497 e. The predicted molar refractivity (Wildman–Crippen MR) is 156 cm³/mol. The maximum absolute atomic E-state index is 13.9. The van der Waals surface area contributed by atoms with Gasteiger partial charge in [-0.3, -0.25) is 13.9 Å². The molecule has 202 valence electrons. The molecule has 8 nitrogen and oxygen atoms in total. The molecule has 0 saturated carbocycles. The molecule has 0 heterocycles. The Bertz CT molecular complexity index is 1350. The molecule has 0 aliphatic carbocycles. The molecule has 1 unspecified atom stereocenters. The van der Waals surface area contributed by atoms with Crippen LogP contribution in [0.4, 0.5) is 5.69 Å². The Labute approximate surface area is 238 Å². The van der Waals surface area contributed by atoms with Crippen molar-refractivity contribution < 1.29 is 22.7 Å². The van der Waals surface area contributed by atoms with E-state index in [0.29, 0.717) is 11.4 Å². The number of ether oxygens (including phenoxy) is 1. The molecule has 0 saturated heterocycles. The van der Waals surface area contributed by atoms with Crippen molar-refractivity contribution in [3.05, 3.63) is 88.0 Å². The van der Waals surface area contributed by atoms with Crippen molar-refractivity contribution in [1.29, 1.82) is 0 Å². The van der Waals surface area contributed by atoms with Crippen LogP contribution in [0.1, 0.15) is 26.3 Å². The maximum Gasteiger partial charge on any atom is 0.264 e.